The second kappa shape index (κ2) is 9.01. The first-order valence-electron chi connectivity index (χ1n) is 7.50. The number of rotatable bonds is 5. The van der Waals surface area contributed by atoms with E-state index in [9.17, 15) is 9.59 Å². The molecule has 0 fully saturated rings. The number of carbonyl (C=O) groups excluding carboxylic acids is 2. The largest absolute Gasteiger partial charge is 0.467 e. The molecule has 2 rings (SSSR count). The van der Waals surface area contributed by atoms with Gasteiger partial charge in [-0.2, -0.15) is 0 Å². The maximum Gasteiger partial charge on any atom is 0.337 e. The first kappa shape index (κ1) is 20.9. The molecule has 0 saturated carbocycles. The van der Waals surface area contributed by atoms with Crippen LogP contribution in [-0.2, 0) is 4.74 Å². The highest BCUT2D eigenvalue weighted by molar-refractivity contribution is 9.39. The van der Waals surface area contributed by atoms with Gasteiger partial charge < -0.3 is 14.8 Å². The molecule has 0 radical (unpaired) electrons. The van der Waals surface area contributed by atoms with Crippen LogP contribution in [0.4, 0.5) is 0 Å². The average Bonchev–Trinajstić information content (AvgIpc) is 2.60. The Morgan fingerprint density at radius 1 is 1.04 bits per heavy atom. The Kier molecular flexibility index (Phi) is 7.25. The minimum Gasteiger partial charge on any atom is -0.467 e. The van der Waals surface area contributed by atoms with Gasteiger partial charge in [0.05, 0.1) is 12.7 Å². The SMILES string of the molecule is COC(=O)c1cccc(O[C@@H](NC(=O)c2ccc(C)cc2)C(Br)(Br)Br)c1. The van der Waals surface area contributed by atoms with Crippen LogP contribution in [0.2, 0.25) is 0 Å². The summed E-state index contributed by atoms with van der Waals surface area (Å²) in [5.41, 5.74) is 1.91. The van der Waals surface area contributed by atoms with Crippen LogP contribution < -0.4 is 10.1 Å². The lowest BCUT2D eigenvalue weighted by atomic mass is 10.1. The zero-order chi connectivity index (χ0) is 19.3. The first-order valence-corrected chi connectivity index (χ1v) is 9.88. The van der Waals surface area contributed by atoms with E-state index in [-0.39, 0.29) is 5.91 Å². The number of nitrogens with one attached hydrogen (secondary N) is 1. The Morgan fingerprint density at radius 2 is 1.69 bits per heavy atom. The summed E-state index contributed by atoms with van der Waals surface area (Å²) in [7, 11) is 1.31. The van der Waals surface area contributed by atoms with Crippen molar-refractivity contribution in [2.45, 2.75) is 15.3 Å². The molecule has 1 atom stereocenters. The highest BCUT2D eigenvalue weighted by Gasteiger charge is 2.34. The van der Waals surface area contributed by atoms with E-state index >= 15 is 0 Å². The number of amides is 1. The van der Waals surface area contributed by atoms with E-state index < -0.39 is 14.3 Å². The van der Waals surface area contributed by atoms with Crippen LogP contribution in [0.25, 0.3) is 0 Å². The van der Waals surface area contributed by atoms with Gasteiger partial charge in [0.15, 0.2) is 2.14 Å². The number of halogens is 3. The highest BCUT2D eigenvalue weighted by Crippen LogP contribution is 2.38. The summed E-state index contributed by atoms with van der Waals surface area (Å²) in [4.78, 5) is 24.2. The number of methoxy groups -OCH3 is 1. The summed E-state index contributed by atoms with van der Waals surface area (Å²) in [6.07, 6.45) is -0.829. The zero-order valence-corrected chi connectivity index (χ0v) is 18.7. The molecule has 2 aromatic rings. The molecule has 1 amide bonds. The first-order chi connectivity index (χ1) is 12.2. The molecule has 5 nitrogen and oxygen atoms in total. The van der Waals surface area contributed by atoms with Gasteiger partial charge in [-0.1, -0.05) is 71.6 Å². The Balaban J connectivity index is 2.19. The highest BCUT2D eigenvalue weighted by atomic mass is 80.0. The molecule has 1 N–H and O–H groups in total. The van der Waals surface area contributed by atoms with Crippen molar-refractivity contribution in [1.82, 2.24) is 5.32 Å². The summed E-state index contributed by atoms with van der Waals surface area (Å²) in [6.45, 7) is 1.95. The lowest BCUT2D eigenvalue weighted by Gasteiger charge is -2.27. The number of carbonyl (C=O) groups is 2. The summed E-state index contributed by atoms with van der Waals surface area (Å²) in [5.74, 6) is -0.384. The van der Waals surface area contributed by atoms with Crippen molar-refractivity contribution in [3.05, 3.63) is 65.2 Å². The van der Waals surface area contributed by atoms with E-state index in [0.29, 0.717) is 16.9 Å². The van der Waals surface area contributed by atoms with Gasteiger partial charge >= 0.3 is 5.97 Å². The topological polar surface area (TPSA) is 64.6 Å². The van der Waals surface area contributed by atoms with Gasteiger partial charge in [0, 0.05) is 5.56 Å². The molecule has 0 aliphatic rings. The van der Waals surface area contributed by atoms with Gasteiger partial charge in [0.2, 0.25) is 6.23 Å². The van der Waals surface area contributed by atoms with Crippen molar-refractivity contribution in [3.63, 3.8) is 0 Å². The summed E-state index contributed by atoms with van der Waals surface area (Å²) < 4.78 is 9.63. The predicted octanol–water partition coefficient (Wildman–Crippen LogP) is 4.76. The lowest BCUT2D eigenvalue weighted by molar-refractivity contribution is 0.0598. The Bertz CT molecular complexity index is 788. The second-order valence-electron chi connectivity index (χ2n) is 5.40. The number of benzene rings is 2. The number of hydrogen-bond acceptors (Lipinski definition) is 4. The van der Waals surface area contributed by atoms with E-state index in [1.807, 2.05) is 19.1 Å². The number of esters is 1. The Labute approximate surface area is 176 Å². The molecule has 0 unspecified atom stereocenters. The minimum absolute atomic E-state index is 0.304. The van der Waals surface area contributed by atoms with E-state index in [2.05, 4.69) is 53.1 Å². The van der Waals surface area contributed by atoms with Gasteiger partial charge in [-0.05, 0) is 37.3 Å². The van der Waals surface area contributed by atoms with E-state index in [1.165, 1.54) is 13.2 Å². The summed E-state index contributed by atoms with van der Waals surface area (Å²) in [6, 6.07) is 13.7. The van der Waals surface area contributed by atoms with Gasteiger partial charge in [-0.15, -0.1) is 0 Å². The number of aryl methyl sites for hydroxylation is 1. The average molecular weight is 550 g/mol. The molecular weight excluding hydrogens is 534 g/mol. The van der Waals surface area contributed by atoms with Gasteiger partial charge in [-0.3, -0.25) is 4.79 Å². The van der Waals surface area contributed by atoms with Crippen LogP contribution in [-0.4, -0.2) is 27.4 Å². The van der Waals surface area contributed by atoms with Gasteiger partial charge in [0.1, 0.15) is 5.75 Å². The normalized spacial score (nSPS) is 12.2. The lowest BCUT2D eigenvalue weighted by Crippen LogP contribution is -2.47. The Hall–Kier alpha value is -1.38. The van der Waals surface area contributed by atoms with Crippen molar-refractivity contribution >= 4 is 59.7 Å². The maximum atomic E-state index is 12.5. The number of hydrogen-bond donors (Lipinski definition) is 1. The number of alkyl halides is 3. The van der Waals surface area contributed by atoms with E-state index in [4.69, 9.17) is 9.47 Å². The van der Waals surface area contributed by atoms with E-state index in [0.717, 1.165) is 5.56 Å². The second-order valence-corrected chi connectivity index (χ2v) is 12.3. The number of ether oxygens (including phenoxy) is 2. The van der Waals surface area contributed by atoms with Gasteiger partial charge in [0.25, 0.3) is 5.91 Å². The molecule has 0 bridgehead atoms. The standard InChI is InChI=1S/C18H16Br3NO4/c1-11-6-8-12(9-7-11)15(23)22-17(18(19,20)21)26-14-5-3-4-13(10-14)16(24)25-2/h3-10,17H,1-2H3,(H,22,23)/t17-/m1/s1. The predicted molar refractivity (Wildman–Crippen MR) is 110 cm³/mol. The third-order valence-electron chi connectivity index (χ3n) is 3.38. The molecule has 0 spiro atoms. The smallest absolute Gasteiger partial charge is 0.337 e. The van der Waals surface area contributed by atoms with Crippen LogP contribution in [0.1, 0.15) is 26.3 Å². The maximum absolute atomic E-state index is 12.5. The molecule has 0 aromatic heterocycles. The molecule has 138 valence electrons. The Morgan fingerprint density at radius 3 is 2.27 bits per heavy atom. The van der Waals surface area contributed by atoms with Crippen LogP contribution in [0, 0.1) is 6.92 Å². The van der Waals surface area contributed by atoms with E-state index in [1.54, 1.807) is 30.3 Å². The molecule has 2 aromatic carbocycles. The minimum atomic E-state index is -0.922. The van der Waals surface area contributed by atoms with Crippen molar-refractivity contribution in [3.8, 4) is 5.75 Å². The van der Waals surface area contributed by atoms with Crippen molar-refractivity contribution in [2.24, 2.45) is 0 Å². The van der Waals surface area contributed by atoms with Crippen LogP contribution in [0.15, 0.2) is 48.5 Å². The summed E-state index contributed by atoms with van der Waals surface area (Å²) in [5, 5.41) is 2.79. The molecule has 0 saturated heterocycles. The third kappa shape index (κ3) is 5.82. The fraction of sp³-hybridized carbons (Fsp3) is 0.222. The fourth-order valence-electron chi connectivity index (χ4n) is 2.04. The van der Waals surface area contributed by atoms with Crippen molar-refractivity contribution < 1.29 is 19.1 Å². The molecular formula is C18H16Br3NO4. The van der Waals surface area contributed by atoms with Crippen molar-refractivity contribution in [2.75, 3.05) is 7.11 Å². The molecule has 0 aliphatic heterocycles. The van der Waals surface area contributed by atoms with Crippen molar-refractivity contribution in [1.29, 1.82) is 0 Å². The molecule has 0 heterocycles. The summed E-state index contributed by atoms with van der Waals surface area (Å²) >= 11 is 10.1. The van der Waals surface area contributed by atoms with Crippen LogP contribution in [0.5, 0.6) is 5.75 Å². The monoisotopic (exact) mass is 547 g/mol. The zero-order valence-electron chi connectivity index (χ0n) is 14.0. The third-order valence-corrected chi connectivity index (χ3v) is 4.63. The van der Waals surface area contributed by atoms with Crippen LogP contribution >= 0.6 is 47.8 Å². The van der Waals surface area contributed by atoms with Crippen LogP contribution in [0.3, 0.4) is 0 Å². The molecule has 0 aliphatic carbocycles. The molecule has 8 heteroatoms. The fourth-order valence-corrected chi connectivity index (χ4v) is 2.66. The molecule has 26 heavy (non-hydrogen) atoms. The van der Waals surface area contributed by atoms with Gasteiger partial charge in [-0.25, -0.2) is 4.79 Å². The quantitative estimate of drug-likeness (QED) is 0.332.